The molecule has 1 N–H and O–H groups in total. The van der Waals surface area contributed by atoms with Gasteiger partial charge in [-0.25, -0.2) is 0 Å². The molecular formula is C10H19NO2. The van der Waals surface area contributed by atoms with Crippen molar-refractivity contribution in [2.75, 3.05) is 26.2 Å². The number of carbonyl (C=O) groups excluding carboxylic acids is 1. The zero-order valence-corrected chi connectivity index (χ0v) is 8.33. The lowest BCUT2D eigenvalue weighted by Crippen LogP contribution is -2.36. The summed E-state index contributed by atoms with van der Waals surface area (Å²) in [4.78, 5) is 13.4. The maximum Gasteiger partial charge on any atom is 0.133 e. The van der Waals surface area contributed by atoms with Crippen molar-refractivity contribution in [2.45, 2.75) is 26.2 Å². The number of aliphatic hydroxyl groups excluding tert-OH is 1. The molecule has 0 atom stereocenters. The Morgan fingerprint density at radius 3 is 2.54 bits per heavy atom. The van der Waals surface area contributed by atoms with Gasteiger partial charge in [0, 0.05) is 19.1 Å². The first kappa shape index (κ1) is 10.7. The molecule has 0 aromatic heterocycles. The lowest BCUT2D eigenvalue weighted by molar-refractivity contribution is -0.122. The Balaban J connectivity index is 2.18. The molecule has 1 aliphatic rings. The smallest absolute Gasteiger partial charge is 0.133 e. The molecule has 0 spiro atoms. The fraction of sp³-hybridized carbons (Fsp3) is 0.900. The topological polar surface area (TPSA) is 40.5 Å². The summed E-state index contributed by atoms with van der Waals surface area (Å²) >= 11 is 0. The van der Waals surface area contributed by atoms with Crippen LogP contribution < -0.4 is 0 Å². The number of nitrogens with zero attached hydrogens (tertiary/aromatic N) is 1. The fourth-order valence-corrected chi connectivity index (χ4v) is 1.86. The second kappa shape index (κ2) is 5.35. The quantitative estimate of drug-likeness (QED) is 0.700. The summed E-state index contributed by atoms with van der Waals surface area (Å²) in [5.41, 5.74) is 0. The van der Waals surface area contributed by atoms with Gasteiger partial charge in [-0.05, 0) is 39.3 Å². The van der Waals surface area contributed by atoms with Gasteiger partial charge >= 0.3 is 0 Å². The van der Waals surface area contributed by atoms with Crippen molar-refractivity contribution in [3.8, 4) is 0 Å². The Morgan fingerprint density at radius 2 is 2.08 bits per heavy atom. The summed E-state index contributed by atoms with van der Waals surface area (Å²) in [7, 11) is 0. The predicted molar refractivity (Wildman–Crippen MR) is 51.5 cm³/mol. The molecule has 0 aromatic rings. The summed E-state index contributed by atoms with van der Waals surface area (Å²) in [5.74, 6) is 0.632. The van der Waals surface area contributed by atoms with E-state index >= 15 is 0 Å². The van der Waals surface area contributed by atoms with Crippen LogP contribution in [0.15, 0.2) is 0 Å². The Bertz CT molecular complexity index is 162. The largest absolute Gasteiger partial charge is 0.396 e. The zero-order valence-electron chi connectivity index (χ0n) is 8.33. The van der Waals surface area contributed by atoms with Crippen LogP contribution in [0, 0.1) is 5.92 Å². The molecule has 0 bridgehead atoms. The highest BCUT2D eigenvalue weighted by molar-refractivity contribution is 5.78. The number of piperidine rings is 1. The Hall–Kier alpha value is -0.410. The van der Waals surface area contributed by atoms with Gasteiger partial charge in [-0.3, -0.25) is 4.79 Å². The molecule has 1 heterocycles. The highest BCUT2D eigenvalue weighted by atomic mass is 16.3. The Kier molecular flexibility index (Phi) is 4.39. The fourth-order valence-electron chi connectivity index (χ4n) is 1.86. The first-order valence-corrected chi connectivity index (χ1v) is 5.07. The van der Waals surface area contributed by atoms with Crippen LogP contribution in [0.3, 0.4) is 0 Å². The number of carbonyl (C=O) groups is 1. The minimum atomic E-state index is 0.270. The molecule has 1 saturated heterocycles. The van der Waals surface area contributed by atoms with Gasteiger partial charge in [0.1, 0.15) is 5.78 Å². The number of ketones is 1. The molecule has 0 aromatic carbocycles. The highest BCUT2D eigenvalue weighted by Crippen LogP contribution is 2.17. The van der Waals surface area contributed by atoms with E-state index < -0.39 is 0 Å². The normalized spacial score (nSPS) is 20.5. The predicted octanol–water partition coefficient (Wildman–Crippen LogP) is 0.670. The van der Waals surface area contributed by atoms with Crippen molar-refractivity contribution in [3.63, 3.8) is 0 Å². The molecule has 0 saturated carbocycles. The molecule has 3 nitrogen and oxygen atoms in total. The second-order valence-electron chi connectivity index (χ2n) is 3.80. The van der Waals surface area contributed by atoms with Crippen molar-refractivity contribution >= 4 is 5.78 Å². The first-order chi connectivity index (χ1) is 6.24. The number of Topliss-reactive ketones (excluding diaryl/α,β-unsaturated/α-hetero) is 1. The second-order valence-corrected chi connectivity index (χ2v) is 3.80. The van der Waals surface area contributed by atoms with Crippen molar-refractivity contribution in [2.24, 2.45) is 5.92 Å². The van der Waals surface area contributed by atoms with Crippen molar-refractivity contribution in [1.82, 2.24) is 4.90 Å². The van der Waals surface area contributed by atoms with Gasteiger partial charge in [0.2, 0.25) is 0 Å². The lowest BCUT2D eigenvalue weighted by atomic mass is 9.93. The SMILES string of the molecule is CC(=O)C1CCN(CCCO)CC1. The molecule has 1 aliphatic heterocycles. The molecule has 1 fully saturated rings. The standard InChI is InChI=1S/C10H19NO2/c1-9(13)10-3-6-11(7-4-10)5-2-8-12/h10,12H,2-8H2,1H3. The maximum absolute atomic E-state index is 11.1. The van der Waals surface area contributed by atoms with Crippen LogP contribution in [0.4, 0.5) is 0 Å². The van der Waals surface area contributed by atoms with Crippen molar-refractivity contribution in [3.05, 3.63) is 0 Å². The number of aliphatic hydroxyl groups is 1. The van der Waals surface area contributed by atoms with Gasteiger partial charge in [-0.1, -0.05) is 0 Å². The van der Waals surface area contributed by atoms with Crippen LogP contribution in [0.25, 0.3) is 0 Å². The van der Waals surface area contributed by atoms with E-state index in [2.05, 4.69) is 4.90 Å². The number of rotatable bonds is 4. The van der Waals surface area contributed by atoms with Crippen LogP contribution in [0.1, 0.15) is 26.2 Å². The zero-order chi connectivity index (χ0) is 9.68. The summed E-state index contributed by atoms with van der Waals surface area (Å²) in [6.07, 6.45) is 2.85. The average molecular weight is 185 g/mol. The third-order valence-electron chi connectivity index (χ3n) is 2.79. The van der Waals surface area contributed by atoms with Gasteiger partial charge in [-0.15, -0.1) is 0 Å². The summed E-state index contributed by atoms with van der Waals surface area (Å²) in [6, 6.07) is 0. The van der Waals surface area contributed by atoms with Crippen LogP contribution in [-0.4, -0.2) is 42.0 Å². The van der Waals surface area contributed by atoms with Crippen LogP contribution in [-0.2, 0) is 4.79 Å². The van der Waals surface area contributed by atoms with E-state index in [0.717, 1.165) is 38.9 Å². The van der Waals surface area contributed by atoms with Gasteiger partial charge in [0.15, 0.2) is 0 Å². The first-order valence-electron chi connectivity index (χ1n) is 5.07. The summed E-state index contributed by atoms with van der Waals surface area (Å²) < 4.78 is 0. The van der Waals surface area contributed by atoms with Crippen molar-refractivity contribution < 1.29 is 9.90 Å². The summed E-state index contributed by atoms with van der Waals surface area (Å²) in [6.45, 7) is 4.97. The van der Waals surface area contributed by atoms with E-state index in [4.69, 9.17) is 5.11 Å². The number of hydrogen-bond acceptors (Lipinski definition) is 3. The van der Waals surface area contributed by atoms with E-state index in [9.17, 15) is 4.79 Å². The monoisotopic (exact) mass is 185 g/mol. The molecule has 13 heavy (non-hydrogen) atoms. The van der Waals surface area contributed by atoms with Gasteiger partial charge in [0.25, 0.3) is 0 Å². The van der Waals surface area contributed by atoms with E-state index in [1.807, 2.05) is 0 Å². The number of hydrogen-bond donors (Lipinski definition) is 1. The molecular weight excluding hydrogens is 166 g/mol. The molecule has 0 unspecified atom stereocenters. The van der Waals surface area contributed by atoms with E-state index in [0.29, 0.717) is 11.7 Å². The highest BCUT2D eigenvalue weighted by Gasteiger charge is 2.21. The lowest BCUT2D eigenvalue weighted by Gasteiger charge is -2.30. The molecule has 76 valence electrons. The third kappa shape index (κ3) is 3.44. The molecule has 0 radical (unpaired) electrons. The molecule has 3 heteroatoms. The van der Waals surface area contributed by atoms with Crippen molar-refractivity contribution in [1.29, 1.82) is 0 Å². The van der Waals surface area contributed by atoms with Gasteiger partial charge in [-0.2, -0.15) is 0 Å². The Labute approximate surface area is 79.7 Å². The van der Waals surface area contributed by atoms with Gasteiger partial charge in [0.05, 0.1) is 0 Å². The van der Waals surface area contributed by atoms with Gasteiger partial charge < -0.3 is 10.0 Å². The summed E-state index contributed by atoms with van der Waals surface area (Å²) in [5, 5.41) is 8.66. The minimum Gasteiger partial charge on any atom is -0.396 e. The van der Waals surface area contributed by atoms with E-state index in [1.165, 1.54) is 0 Å². The minimum absolute atomic E-state index is 0.270. The maximum atomic E-state index is 11.1. The molecule has 0 aliphatic carbocycles. The molecule has 1 rings (SSSR count). The van der Waals surface area contributed by atoms with E-state index in [1.54, 1.807) is 6.92 Å². The Morgan fingerprint density at radius 1 is 1.46 bits per heavy atom. The van der Waals surface area contributed by atoms with E-state index in [-0.39, 0.29) is 6.61 Å². The van der Waals surface area contributed by atoms with Crippen LogP contribution >= 0.6 is 0 Å². The van der Waals surface area contributed by atoms with Crippen LogP contribution in [0.5, 0.6) is 0 Å². The molecule has 0 amide bonds. The number of likely N-dealkylation sites (tertiary alicyclic amines) is 1. The average Bonchev–Trinajstić information content (AvgIpc) is 2.15. The van der Waals surface area contributed by atoms with Crippen LogP contribution in [0.2, 0.25) is 0 Å². The third-order valence-corrected chi connectivity index (χ3v) is 2.79.